The third kappa shape index (κ3) is 4.05. The molecular weight excluding hydrogens is 401 g/mol. The van der Waals surface area contributed by atoms with Gasteiger partial charge >= 0.3 is 5.97 Å². The smallest absolute Gasteiger partial charge is 0.343 e. The molecule has 0 saturated heterocycles. The fourth-order valence-electron chi connectivity index (χ4n) is 3.45. The number of hydrogen-bond acceptors (Lipinski definition) is 4. The Labute approximate surface area is 167 Å². The molecule has 8 heteroatoms. The molecule has 1 aromatic carbocycles. The minimum atomic E-state index is -0.725. The lowest BCUT2D eigenvalue weighted by Gasteiger charge is -2.29. The first-order valence-electron chi connectivity index (χ1n) is 8.63. The number of esters is 1. The predicted molar refractivity (Wildman–Crippen MR) is 100 cm³/mol. The van der Waals surface area contributed by atoms with Gasteiger partial charge in [0.15, 0.2) is 12.4 Å². The van der Waals surface area contributed by atoms with Gasteiger partial charge in [0.05, 0.1) is 22.2 Å². The average molecular weight is 421 g/mol. The molecule has 0 bridgehead atoms. The van der Waals surface area contributed by atoms with Crippen LogP contribution < -0.4 is 4.74 Å². The zero-order valence-electron chi connectivity index (χ0n) is 14.4. The number of amides is 1. The molecule has 2 aliphatic rings. The third-order valence-corrected chi connectivity index (χ3v) is 5.87. The molecule has 5 nitrogen and oxygen atoms in total. The Hall–Kier alpha value is -1.17. The SMILES string of the molecule is COC(=O)c1c(Cl)c(Cl)cc(Cl)c1OCC(=O)N(C1CCCC1)C1CC1. The van der Waals surface area contributed by atoms with Gasteiger partial charge in [-0.1, -0.05) is 47.6 Å². The van der Waals surface area contributed by atoms with Crippen molar-refractivity contribution in [3.05, 3.63) is 26.7 Å². The number of methoxy groups -OCH3 is 1. The van der Waals surface area contributed by atoms with E-state index in [-0.39, 0.29) is 44.9 Å². The molecule has 142 valence electrons. The highest BCUT2D eigenvalue weighted by atomic mass is 35.5. The van der Waals surface area contributed by atoms with Gasteiger partial charge in [0.25, 0.3) is 5.91 Å². The lowest BCUT2D eigenvalue weighted by Crippen LogP contribution is -2.43. The number of halogens is 3. The van der Waals surface area contributed by atoms with Crippen LogP contribution in [-0.2, 0) is 9.53 Å². The van der Waals surface area contributed by atoms with E-state index in [0.717, 1.165) is 38.5 Å². The van der Waals surface area contributed by atoms with Crippen LogP contribution in [0.3, 0.4) is 0 Å². The lowest BCUT2D eigenvalue weighted by atomic mass is 10.2. The summed E-state index contributed by atoms with van der Waals surface area (Å²) in [5.74, 6) is -0.808. The molecule has 0 aromatic heterocycles. The maximum Gasteiger partial charge on any atom is 0.343 e. The van der Waals surface area contributed by atoms with Crippen LogP contribution in [0, 0.1) is 0 Å². The van der Waals surface area contributed by atoms with Crippen molar-refractivity contribution < 1.29 is 19.1 Å². The molecule has 3 rings (SSSR count). The molecule has 0 aliphatic heterocycles. The van der Waals surface area contributed by atoms with Crippen LogP contribution in [-0.4, -0.2) is 42.6 Å². The van der Waals surface area contributed by atoms with Gasteiger partial charge in [0.1, 0.15) is 5.56 Å². The molecule has 0 radical (unpaired) electrons. The zero-order valence-corrected chi connectivity index (χ0v) is 16.7. The molecule has 1 aromatic rings. The highest BCUT2D eigenvalue weighted by Gasteiger charge is 2.38. The molecule has 1 amide bonds. The van der Waals surface area contributed by atoms with Crippen molar-refractivity contribution in [3.8, 4) is 5.75 Å². The van der Waals surface area contributed by atoms with Crippen LogP contribution >= 0.6 is 34.8 Å². The van der Waals surface area contributed by atoms with Gasteiger partial charge < -0.3 is 14.4 Å². The number of benzene rings is 1. The monoisotopic (exact) mass is 419 g/mol. The van der Waals surface area contributed by atoms with Crippen molar-refractivity contribution in [3.63, 3.8) is 0 Å². The molecule has 0 N–H and O–H groups in total. The number of ether oxygens (including phenoxy) is 2. The molecule has 0 atom stereocenters. The van der Waals surface area contributed by atoms with Crippen molar-refractivity contribution in [2.24, 2.45) is 0 Å². The van der Waals surface area contributed by atoms with Gasteiger partial charge in [-0.3, -0.25) is 4.79 Å². The molecule has 2 fully saturated rings. The summed E-state index contributed by atoms with van der Waals surface area (Å²) in [4.78, 5) is 26.8. The van der Waals surface area contributed by atoms with Crippen LogP contribution in [0.4, 0.5) is 0 Å². The minimum Gasteiger partial charge on any atom is -0.481 e. The Bertz CT molecular complexity index is 715. The van der Waals surface area contributed by atoms with E-state index in [1.807, 2.05) is 4.90 Å². The second-order valence-corrected chi connectivity index (χ2v) is 7.80. The largest absolute Gasteiger partial charge is 0.481 e. The fourth-order valence-corrected chi connectivity index (χ4v) is 4.19. The quantitative estimate of drug-likeness (QED) is 0.492. The van der Waals surface area contributed by atoms with E-state index in [9.17, 15) is 9.59 Å². The predicted octanol–water partition coefficient (Wildman–Crippen LogP) is 4.75. The second-order valence-electron chi connectivity index (χ2n) is 6.61. The maximum absolute atomic E-state index is 12.8. The van der Waals surface area contributed by atoms with Crippen LogP contribution in [0.15, 0.2) is 6.07 Å². The minimum absolute atomic E-state index is 0.0137. The summed E-state index contributed by atoms with van der Waals surface area (Å²) in [6.45, 7) is -0.214. The van der Waals surface area contributed by atoms with Crippen LogP contribution in [0.25, 0.3) is 0 Å². The van der Waals surface area contributed by atoms with Crippen molar-refractivity contribution in [2.75, 3.05) is 13.7 Å². The van der Waals surface area contributed by atoms with Crippen LogP contribution in [0.5, 0.6) is 5.75 Å². The number of rotatable bonds is 6. The average Bonchev–Trinajstić information content (AvgIpc) is 3.30. The summed E-state index contributed by atoms with van der Waals surface area (Å²) >= 11 is 18.3. The summed E-state index contributed by atoms with van der Waals surface area (Å²) in [6, 6.07) is 1.97. The Morgan fingerprint density at radius 1 is 1.08 bits per heavy atom. The summed E-state index contributed by atoms with van der Waals surface area (Å²) in [7, 11) is 1.22. The highest BCUT2D eigenvalue weighted by molar-refractivity contribution is 6.45. The van der Waals surface area contributed by atoms with E-state index in [1.54, 1.807) is 0 Å². The molecule has 0 spiro atoms. The Morgan fingerprint density at radius 2 is 1.69 bits per heavy atom. The van der Waals surface area contributed by atoms with E-state index in [0.29, 0.717) is 6.04 Å². The standard InChI is InChI=1S/C18H20Cl3NO4/c1-25-18(24)15-16(21)12(19)8-13(20)17(15)26-9-14(23)22(11-6-7-11)10-4-2-3-5-10/h8,10-11H,2-7,9H2,1H3. The first kappa shape index (κ1) is 19.6. The Kier molecular flexibility index (Phi) is 6.21. The number of carbonyl (C=O) groups excluding carboxylic acids is 2. The summed E-state index contributed by atoms with van der Waals surface area (Å²) < 4.78 is 10.4. The lowest BCUT2D eigenvalue weighted by molar-refractivity contribution is -0.136. The second kappa shape index (κ2) is 8.24. The fraction of sp³-hybridized carbons (Fsp3) is 0.556. The van der Waals surface area contributed by atoms with Gasteiger partial charge in [0.2, 0.25) is 0 Å². The van der Waals surface area contributed by atoms with Crippen molar-refractivity contribution in [2.45, 2.75) is 50.6 Å². The normalized spacial score (nSPS) is 17.2. The van der Waals surface area contributed by atoms with E-state index < -0.39 is 5.97 Å². The zero-order chi connectivity index (χ0) is 18.8. The van der Waals surface area contributed by atoms with Crippen LogP contribution in [0.2, 0.25) is 15.1 Å². The summed E-state index contributed by atoms with van der Waals surface area (Å²) in [5.41, 5.74) is -0.0710. The molecule has 2 aliphatic carbocycles. The van der Waals surface area contributed by atoms with Gasteiger partial charge in [0, 0.05) is 12.1 Å². The Morgan fingerprint density at radius 3 is 2.27 bits per heavy atom. The van der Waals surface area contributed by atoms with E-state index in [2.05, 4.69) is 0 Å². The number of carbonyl (C=O) groups is 2. The molecule has 0 unspecified atom stereocenters. The molecule has 0 heterocycles. The summed E-state index contributed by atoms with van der Waals surface area (Å²) in [5, 5.41) is 0.202. The topological polar surface area (TPSA) is 55.8 Å². The molecule has 26 heavy (non-hydrogen) atoms. The van der Waals surface area contributed by atoms with Crippen molar-refractivity contribution >= 4 is 46.7 Å². The van der Waals surface area contributed by atoms with Gasteiger partial charge in [-0.15, -0.1) is 0 Å². The number of nitrogens with zero attached hydrogens (tertiary/aromatic N) is 1. The summed E-state index contributed by atoms with van der Waals surface area (Å²) in [6.07, 6.45) is 6.42. The van der Waals surface area contributed by atoms with Gasteiger partial charge in [-0.25, -0.2) is 4.79 Å². The van der Waals surface area contributed by atoms with Gasteiger partial charge in [-0.2, -0.15) is 0 Å². The maximum atomic E-state index is 12.8. The highest BCUT2D eigenvalue weighted by Crippen LogP contribution is 2.40. The van der Waals surface area contributed by atoms with E-state index >= 15 is 0 Å². The Balaban J connectivity index is 1.79. The first-order valence-corrected chi connectivity index (χ1v) is 9.77. The molecule has 2 saturated carbocycles. The van der Waals surface area contributed by atoms with Crippen molar-refractivity contribution in [1.82, 2.24) is 4.90 Å². The van der Waals surface area contributed by atoms with Crippen molar-refractivity contribution in [1.29, 1.82) is 0 Å². The first-order chi connectivity index (χ1) is 12.4. The van der Waals surface area contributed by atoms with Gasteiger partial charge in [-0.05, 0) is 31.7 Å². The van der Waals surface area contributed by atoms with E-state index in [4.69, 9.17) is 44.3 Å². The molecular formula is C18H20Cl3NO4. The number of hydrogen-bond donors (Lipinski definition) is 0. The van der Waals surface area contributed by atoms with Crippen LogP contribution in [0.1, 0.15) is 48.9 Å². The van der Waals surface area contributed by atoms with E-state index in [1.165, 1.54) is 13.2 Å². The third-order valence-electron chi connectivity index (χ3n) is 4.80.